The molecule has 1 atom stereocenters. The zero-order valence-corrected chi connectivity index (χ0v) is 18.0. The van der Waals surface area contributed by atoms with Crippen LogP contribution in [0.4, 0.5) is 0 Å². The Morgan fingerprint density at radius 3 is 2.64 bits per heavy atom. The number of aromatic amines is 1. The number of nitrogens with one attached hydrogen (secondary N) is 2. The minimum atomic E-state index is -0.168. The van der Waals surface area contributed by atoms with Gasteiger partial charge in [0.15, 0.2) is 11.5 Å². The third-order valence-electron chi connectivity index (χ3n) is 5.68. The van der Waals surface area contributed by atoms with Gasteiger partial charge in [0.05, 0.1) is 24.2 Å². The molecule has 0 aliphatic carbocycles. The summed E-state index contributed by atoms with van der Waals surface area (Å²) < 4.78 is 13.0. The minimum absolute atomic E-state index is 0.0141. The van der Waals surface area contributed by atoms with Gasteiger partial charge in [-0.05, 0) is 28.1 Å². The van der Waals surface area contributed by atoms with Gasteiger partial charge < -0.3 is 24.5 Å². The molecule has 2 aromatic heterocycles. The van der Waals surface area contributed by atoms with E-state index in [9.17, 15) is 9.90 Å². The number of H-pyrrole nitrogens is 1. The molecule has 1 unspecified atom stereocenters. The minimum Gasteiger partial charge on any atom is -0.486 e. The molecule has 0 spiro atoms. The SMILES string of the molecule is O=c1[nH]c2cc3c(cc2cc1C[NH+](CCO)Cc1nnnn1Cc1ccccc1)OCCO3. The van der Waals surface area contributed by atoms with Crippen LogP contribution in [0.3, 0.4) is 0 Å². The van der Waals surface area contributed by atoms with E-state index in [1.165, 1.54) is 0 Å². The van der Waals surface area contributed by atoms with E-state index in [4.69, 9.17) is 9.47 Å². The van der Waals surface area contributed by atoms with E-state index in [2.05, 4.69) is 20.5 Å². The average Bonchev–Trinajstić information content (AvgIpc) is 3.25. The van der Waals surface area contributed by atoms with E-state index in [1.54, 1.807) is 10.7 Å². The van der Waals surface area contributed by atoms with Crippen molar-refractivity contribution in [1.29, 1.82) is 0 Å². The number of aliphatic hydroxyl groups is 1. The molecule has 0 radical (unpaired) electrons. The fourth-order valence-corrected chi connectivity index (χ4v) is 4.04. The second-order valence-corrected chi connectivity index (χ2v) is 8.02. The van der Waals surface area contributed by atoms with Crippen LogP contribution in [0.1, 0.15) is 17.0 Å². The summed E-state index contributed by atoms with van der Waals surface area (Å²) in [5, 5.41) is 22.6. The summed E-state index contributed by atoms with van der Waals surface area (Å²) in [6.07, 6.45) is 0. The lowest BCUT2D eigenvalue weighted by atomic mass is 10.1. The maximum absolute atomic E-state index is 12.8. The van der Waals surface area contributed by atoms with Gasteiger partial charge in [0, 0.05) is 11.5 Å². The summed E-state index contributed by atoms with van der Waals surface area (Å²) >= 11 is 0. The highest BCUT2D eigenvalue weighted by molar-refractivity contribution is 5.83. The number of quaternary nitrogens is 1. The van der Waals surface area contributed by atoms with Crippen LogP contribution in [0.5, 0.6) is 11.5 Å². The van der Waals surface area contributed by atoms with Crippen molar-refractivity contribution in [3.05, 3.63) is 75.8 Å². The molecule has 3 N–H and O–H groups in total. The molecule has 2 aromatic carbocycles. The standard InChI is InChI=1S/C23H24N6O4/c30-7-6-28(15-22-25-26-27-29(22)13-16-4-2-1-3-5-16)14-18-10-17-11-20-21(33-9-8-32-20)12-19(17)24-23(18)31/h1-5,10-12,30H,6-9,13-15H2,(H,24,31)/p+1. The predicted molar refractivity (Wildman–Crippen MR) is 119 cm³/mol. The normalized spacial score (nSPS) is 13.8. The molecule has 0 fully saturated rings. The zero-order chi connectivity index (χ0) is 22.6. The number of benzene rings is 2. The van der Waals surface area contributed by atoms with Crippen molar-refractivity contribution in [3.8, 4) is 11.5 Å². The van der Waals surface area contributed by atoms with Gasteiger partial charge in [-0.25, -0.2) is 4.68 Å². The van der Waals surface area contributed by atoms with Crippen LogP contribution in [-0.2, 0) is 19.6 Å². The number of nitrogens with zero attached hydrogens (tertiary/aromatic N) is 4. The Morgan fingerprint density at radius 2 is 1.85 bits per heavy atom. The number of rotatable bonds is 8. The lowest BCUT2D eigenvalue weighted by Gasteiger charge is -2.20. The average molecular weight is 449 g/mol. The highest BCUT2D eigenvalue weighted by Crippen LogP contribution is 2.33. The lowest BCUT2D eigenvalue weighted by Crippen LogP contribution is -3.10. The van der Waals surface area contributed by atoms with Crippen molar-refractivity contribution in [1.82, 2.24) is 25.2 Å². The van der Waals surface area contributed by atoms with E-state index in [1.807, 2.05) is 42.5 Å². The lowest BCUT2D eigenvalue weighted by molar-refractivity contribution is -0.928. The smallest absolute Gasteiger partial charge is 0.257 e. The van der Waals surface area contributed by atoms with Gasteiger partial charge in [0.2, 0.25) is 5.82 Å². The van der Waals surface area contributed by atoms with Gasteiger partial charge in [0.25, 0.3) is 5.56 Å². The number of ether oxygens (including phenoxy) is 2. The highest BCUT2D eigenvalue weighted by Gasteiger charge is 2.19. The van der Waals surface area contributed by atoms with Crippen LogP contribution < -0.4 is 19.9 Å². The van der Waals surface area contributed by atoms with E-state index < -0.39 is 0 Å². The molecule has 4 aromatic rings. The van der Waals surface area contributed by atoms with Gasteiger partial charge in [-0.2, -0.15) is 0 Å². The molecule has 10 nitrogen and oxygen atoms in total. The van der Waals surface area contributed by atoms with Crippen LogP contribution in [0, 0.1) is 0 Å². The second kappa shape index (κ2) is 9.39. The Hall–Kier alpha value is -3.76. The second-order valence-electron chi connectivity index (χ2n) is 8.02. The first kappa shape index (κ1) is 21.1. The Kier molecular flexibility index (Phi) is 6.01. The highest BCUT2D eigenvalue weighted by atomic mass is 16.6. The molecule has 5 rings (SSSR count). The van der Waals surface area contributed by atoms with Gasteiger partial charge in [-0.1, -0.05) is 30.3 Å². The molecular formula is C23H25N6O4+. The quantitative estimate of drug-likeness (QED) is 0.344. The first-order chi connectivity index (χ1) is 16.2. The summed E-state index contributed by atoms with van der Waals surface area (Å²) in [6.45, 7) is 2.87. The number of hydrogen-bond acceptors (Lipinski definition) is 7. The van der Waals surface area contributed by atoms with Crippen LogP contribution >= 0.6 is 0 Å². The number of pyridine rings is 1. The molecule has 0 saturated carbocycles. The maximum Gasteiger partial charge on any atom is 0.257 e. The summed E-state index contributed by atoms with van der Waals surface area (Å²) in [7, 11) is 0. The summed E-state index contributed by atoms with van der Waals surface area (Å²) in [5.41, 5.74) is 2.24. The van der Waals surface area contributed by atoms with Crippen molar-refractivity contribution in [3.63, 3.8) is 0 Å². The largest absolute Gasteiger partial charge is 0.486 e. The number of fused-ring (bicyclic) bond motifs is 2. The molecular weight excluding hydrogens is 424 g/mol. The van der Waals surface area contributed by atoms with E-state index in [-0.39, 0.29) is 12.2 Å². The van der Waals surface area contributed by atoms with E-state index in [0.717, 1.165) is 15.8 Å². The van der Waals surface area contributed by atoms with Crippen molar-refractivity contribution in [2.45, 2.75) is 19.6 Å². The Balaban J connectivity index is 1.38. The third-order valence-corrected chi connectivity index (χ3v) is 5.68. The van der Waals surface area contributed by atoms with Gasteiger partial charge in [-0.15, -0.1) is 5.10 Å². The van der Waals surface area contributed by atoms with Crippen molar-refractivity contribution in [2.75, 3.05) is 26.4 Å². The van der Waals surface area contributed by atoms with Crippen LogP contribution in [0.2, 0.25) is 0 Å². The molecule has 0 bridgehead atoms. The molecule has 0 amide bonds. The Morgan fingerprint density at radius 1 is 1.06 bits per heavy atom. The first-order valence-electron chi connectivity index (χ1n) is 10.9. The topological polar surface area (TPSA) is 120 Å². The molecule has 170 valence electrons. The maximum atomic E-state index is 12.8. The number of hydrogen-bond donors (Lipinski definition) is 3. The van der Waals surface area contributed by atoms with Gasteiger partial charge >= 0.3 is 0 Å². The summed E-state index contributed by atoms with van der Waals surface area (Å²) in [6, 6.07) is 15.5. The molecule has 1 aliphatic heterocycles. The third kappa shape index (κ3) is 4.71. The summed E-state index contributed by atoms with van der Waals surface area (Å²) in [5.74, 6) is 2.00. The molecule has 10 heteroatoms. The van der Waals surface area contributed by atoms with Gasteiger partial charge in [0.1, 0.15) is 32.8 Å². The van der Waals surface area contributed by atoms with Crippen molar-refractivity contribution >= 4 is 10.9 Å². The molecule has 1 aliphatic rings. The van der Waals surface area contributed by atoms with Crippen LogP contribution in [-0.4, -0.2) is 56.7 Å². The Labute approximate surface area is 189 Å². The van der Waals surface area contributed by atoms with Gasteiger partial charge in [-0.3, -0.25) is 4.79 Å². The first-order valence-corrected chi connectivity index (χ1v) is 10.9. The Bertz CT molecular complexity index is 1300. The fourth-order valence-electron chi connectivity index (χ4n) is 4.04. The molecule has 3 heterocycles. The van der Waals surface area contributed by atoms with Crippen LogP contribution in [0.15, 0.2) is 53.3 Å². The van der Waals surface area contributed by atoms with Crippen LogP contribution in [0.25, 0.3) is 10.9 Å². The van der Waals surface area contributed by atoms with Crippen molar-refractivity contribution in [2.24, 2.45) is 0 Å². The predicted octanol–water partition coefficient (Wildman–Crippen LogP) is -0.0885. The van der Waals surface area contributed by atoms with E-state index in [0.29, 0.717) is 67.8 Å². The number of aromatic nitrogens is 5. The number of tetrazole rings is 1. The van der Waals surface area contributed by atoms with E-state index >= 15 is 0 Å². The fraction of sp³-hybridized carbons (Fsp3) is 0.304. The molecule has 33 heavy (non-hydrogen) atoms. The molecule has 0 saturated heterocycles. The number of aliphatic hydroxyl groups excluding tert-OH is 1. The summed E-state index contributed by atoms with van der Waals surface area (Å²) in [4.78, 5) is 16.7. The van der Waals surface area contributed by atoms with Crippen molar-refractivity contribution < 1.29 is 19.5 Å². The zero-order valence-electron chi connectivity index (χ0n) is 18.0. The monoisotopic (exact) mass is 449 g/mol.